The molecule has 2 heterocycles. The number of halogens is 2. The van der Waals surface area contributed by atoms with Crippen LogP contribution in [0.3, 0.4) is 0 Å². The van der Waals surface area contributed by atoms with Gasteiger partial charge in [0.2, 0.25) is 0 Å². The lowest BCUT2D eigenvalue weighted by atomic mass is 9.95. The number of nitrogens with zero attached hydrogens (tertiary/aromatic N) is 2. The summed E-state index contributed by atoms with van der Waals surface area (Å²) in [6, 6.07) is 7.98. The van der Waals surface area contributed by atoms with E-state index < -0.39 is 12.0 Å². The Bertz CT molecular complexity index is 1610. The molecule has 2 aromatic carbocycles. The maximum absolute atomic E-state index is 13.9. The second kappa shape index (κ2) is 11.8. The number of methoxy groups -OCH3 is 2. The molecule has 0 unspecified atom stereocenters. The maximum atomic E-state index is 13.9. The van der Waals surface area contributed by atoms with E-state index in [9.17, 15) is 9.59 Å². The van der Waals surface area contributed by atoms with Crippen LogP contribution in [0.2, 0.25) is 5.02 Å². The van der Waals surface area contributed by atoms with Crippen LogP contribution in [0.25, 0.3) is 6.08 Å². The number of benzene rings is 2. The first-order valence-corrected chi connectivity index (χ1v) is 13.8. The van der Waals surface area contributed by atoms with E-state index >= 15 is 0 Å². The molecule has 200 valence electrons. The highest BCUT2D eigenvalue weighted by atomic mass is 79.9. The smallest absolute Gasteiger partial charge is 0.338 e. The fourth-order valence-electron chi connectivity index (χ4n) is 4.20. The van der Waals surface area contributed by atoms with Crippen molar-refractivity contribution < 1.29 is 23.7 Å². The summed E-state index contributed by atoms with van der Waals surface area (Å²) in [6.07, 6.45) is 1.74. The number of allylic oxidation sites excluding steroid dienone is 1. The van der Waals surface area contributed by atoms with Gasteiger partial charge >= 0.3 is 5.97 Å². The van der Waals surface area contributed by atoms with Gasteiger partial charge in [0.25, 0.3) is 5.56 Å². The highest BCUT2D eigenvalue weighted by Crippen LogP contribution is 2.41. The van der Waals surface area contributed by atoms with Crippen LogP contribution >= 0.6 is 38.9 Å². The van der Waals surface area contributed by atoms with E-state index in [0.29, 0.717) is 53.9 Å². The zero-order chi connectivity index (χ0) is 27.6. The normalized spacial score (nSPS) is 15.1. The highest BCUT2D eigenvalue weighted by Gasteiger charge is 2.35. The first-order valence-electron chi connectivity index (χ1n) is 11.8. The molecule has 0 N–H and O–H groups in total. The predicted molar refractivity (Wildman–Crippen MR) is 150 cm³/mol. The minimum atomic E-state index is -0.814. The van der Waals surface area contributed by atoms with Crippen molar-refractivity contribution in [2.75, 3.05) is 27.4 Å². The van der Waals surface area contributed by atoms with E-state index in [2.05, 4.69) is 20.9 Å². The van der Waals surface area contributed by atoms with Gasteiger partial charge in [0, 0.05) is 4.47 Å². The zero-order valence-corrected chi connectivity index (χ0v) is 24.6. The van der Waals surface area contributed by atoms with Gasteiger partial charge in [-0.2, -0.15) is 0 Å². The van der Waals surface area contributed by atoms with Crippen molar-refractivity contribution in [1.29, 1.82) is 0 Å². The summed E-state index contributed by atoms with van der Waals surface area (Å²) in [7, 11) is 3.07. The average molecular weight is 622 g/mol. The number of aromatic nitrogens is 1. The van der Waals surface area contributed by atoms with Crippen molar-refractivity contribution in [2.45, 2.75) is 26.8 Å². The molecule has 0 fully saturated rings. The number of thiazole rings is 1. The second-order valence-corrected chi connectivity index (χ2v) is 10.4. The van der Waals surface area contributed by atoms with Crippen LogP contribution in [0.1, 0.15) is 37.9 Å². The van der Waals surface area contributed by atoms with Crippen LogP contribution in [0.4, 0.5) is 0 Å². The monoisotopic (exact) mass is 620 g/mol. The summed E-state index contributed by atoms with van der Waals surface area (Å²) in [6.45, 7) is 5.96. The number of hydrogen-bond acceptors (Lipinski definition) is 8. The highest BCUT2D eigenvalue weighted by molar-refractivity contribution is 9.10. The molecule has 1 atom stereocenters. The lowest BCUT2D eigenvalue weighted by Crippen LogP contribution is -2.40. The number of ether oxygens (including phenoxy) is 4. The lowest BCUT2D eigenvalue weighted by Gasteiger charge is -2.26. The molecule has 0 aliphatic carbocycles. The van der Waals surface area contributed by atoms with Crippen molar-refractivity contribution in [3.05, 3.63) is 81.9 Å². The van der Waals surface area contributed by atoms with E-state index in [4.69, 9.17) is 30.5 Å². The molecule has 0 radical (unpaired) electrons. The third-order valence-electron chi connectivity index (χ3n) is 5.87. The minimum absolute atomic E-state index is 0.179. The van der Waals surface area contributed by atoms with Crippen LogP contribution < -0.4 is 29.1 Å². The summed E-state index contributed by atoms with van der Waals surface area (Å²) >= 11 is 11.1. The van der Waals surface area contributed by atoms with Crippen LogP contribution in [-0.4, -0.2) is 38.0 Å². The van der Waals surface area contributed by atoms with Gasteiger partial charge in [-0.05, 0) is 62.2 Å². The van der Waals surface area contributed by atoms with Crippen molar-refractivity contribution in [2.24, 2.45) is 4.99 Å². The van der Waals surface area contributed by atoms with Gasteiger partial charge in [-0.1, -0.05) is 44.9 Å². The first-order chi connectivity index (χ1) is 18.2. The Morgan fingerprint density at radius 3 is 2.50 bits per heavy atom. The van der Waals surface area contributed by atoms with E-state index in [1.54, 1.807) is 44.2 Å². The van der Waals surface area contributed by atoms with Gasteiger partial charge in [-0.15, -0.1) is 0 Å². The summed E-state index contributed by atoms with van der Waals surface area (Å²) in [5.74, 6) is 0.995. The number of carbonyl (C=O) groups excluding carboxylic acids is 1. The van der Waals surface area contributed by atoms with Gasteiger partial charge in [-0.3, -0.25) is 9.36 Å². The molecular formula is C27H26BrClN2O6S. The number of fused-ring (bicyclic) bond motifs is 1. The van der Waals surface area contributed by atoms with E-state index in [0.717, 1.165) is 5.56 Å². The molecule has 8 nitrogen and oxygen atoms in total. The molecule has 1 aliphatic heterocycles. The van der Waals surface area contributed by atoms with E-state index in [1.165, 1.54) is 30.1 Å². The largest absolute Gasteiger partial charge is 0.495 e. The summed E-state index contributed by atoms with van der Waals surface area (Å²) in [5, 5.41) is 0.428. The molecule has 0 bridgehead atoms. The topological polar surface area (TPSA) is 88.4 Å². The zero-order valence-electron chi connectivity index (χ0n) is 21.5. The van der Waals surface area contributed by atoms with Crippen molar-refractivity contribution >= 4 is 50.9 Å². The average Bonchev–Trinajstić information content (AvgIpc) is 3.18. The summed E-state index contributed by atoms with van der Waals surface area (Å²) in [5.41, 5.74) is 1.78. The van der Waals surface area contributed by atoms with Crippen molar-refractivity contribution in [1.82, 2.24) is 4.57 Å². The third-order valence-corrected chi connectivity index (χ3v) is 7.83. The number of hydrogen-bond donors (Lipinski definition) is 0. The fourth-order valence-corrected chi connectivity index (χ4v) is 6.05. The number of carbonyl (C=O) groups is 1. The molecule has 3 aromatic rings. The molecule has 11 heteroatoms. The van der Waals surface area contributed by atoms with E-state index in [-0.39, 0.29) is 17.7 Å². The molecule has 0 saturated carbocycles. The molecule has 38 heavy (non-hydrogen) atoms. The number of rotatable bonds is 8. The van der Waals surface area contributed by atoms with Crippen LogP contribution in [-0.2, 0) is 9.53 Å². The van der Waals surface area contributed by atoms with Crippen LogP contribution in [0.5, 0.6) is 17.2 Å². The fraction of sp³-hybridized carbons (Fsp3) is 0.296. The standard InChI is InChI=1S/C27H26BrClN2O6S/c1-6-36-21-13-17(28)16(12-20(21)35-5)24-23(26(33)37-7-2)14(3)30-27-31(24)25(32)22(38-27)11-15-8-9-19(34-4)18(29)10-15/h8-13,24H,6-7H2,1-5H3/b22-11-/t24-/m0/s1. The van der Waals surface area contributed by atoms with E-state index in [1.807, 2.05) is 13.0 Å². The molecule has 0 amide bonds. The van der Waals surface area contributed by atoms with Gasteiger partial charge in [0.15, 0.2) is 16.3 Å². The molecule has 1 aromatic heterocycles. The van der Waals surface area contributed by atoms with Gasteiger partial charge in [-0.25, -0.2) is 9.79 Å². The Balaban J connectivity index is 1.98. The molecule has 4 rings (SSSR count). The Labute approximate surface area is 236 Å². The van der Waals surface area contributed by atoms with Gasteiger partial charge < -0.3 is 18.9 Å². The van der Waals surface area contributed by atoms with Gasteiger partial charge in [0.1, 0.15) is 5.75 Å². The van der Waals surface area contributed by atoms with Crippen LogP contribution in [0, 0.1) is 0 Å². The van der Waals surface area contributed by atoms with Gasteiger partial charge in [0.05, 0.1) is 54.3 Å². The second-order valence-electron chi connectivity index (χ2n) is 8.15. The molecule has 1 aliphatic rings. The minimum Gasteiger partial charge on any atom is -0.495 e. The lowest BCUT2D eigenvalue weighted by molar-refractivity contribution is -0.139. The summed E-state index contributed by atoms with van der Waals surface area (Å²) < 4.78 is 24.5. The third kappa shape index (κ3) is 5.25. The van der Waals surface area contributed by atoms with Crippen molar-refractivity contribution in [3.63, 3.8) is 0 Å². The Morgan fingerprint density at radius 1 is 1.13 bits per heavy atom. The Morgan fingerprint density at radius 2 is 1.87 bits per heavy atom. The Hall–Kier alpha value is -3.08. The number of esters is 1. The SMILES string of the molecule is CCOC(=O)C1=C(C)N=c2s/c(=C\c3ccc(OC)c(Cl)c3)c(=O)n2[C@H]1c1cc(OC)c(OCC)cc1Br. The Kier molecular flexibility index (Phi) is 8.64. The summed E-state index contributed by atoms with van der Waals surface area (Å²) in [4.78, 5) is 32.1. The maximum Gasteiger partial charge on any atom is 0.338 e. The molecular weight excluding hydrogens is 596 g/mol. The quantitative estimate of drug-likeness (QED) is 0.341. The van der Waals surface area contributed by atoms with Crippen LogP contribution in [0.15, 0.2) is 55.9 Å². The predicted octanol–water partition coefficient (Wildman–Crippen LogP) is 4.63. The molecule has 0 saturated heterocycles. The molecule has 0 spiro atoms. The first kappa shape index (κ1) is 27.9. The van der Waals surface area contributed by atoms with Crippen molar-refractivity contribution in [3.8, 4) is 17.2 Å².